The highest BCUT2D eigenvalue weighted by Gasteiger charge is 2.35. The van der Waals surface area contributed by atoms with Crippen LogP contribution in [0.3, 0.4) is 0 Å². The molecule has 0 aromatic heterocycles. The zero-order valence-electron chi connectivity index (χ0n) is 14.5. The molecule has 1 heterocycles. The molecule has 0 spiro atoms. The van der Waals surface area contributed by atoms with Crippen molar-refractivity contribution in [1.29, 1.82) is 0 Å². The van der Waals surface area contributed by atoms with Gasteiger partial charge in [0.2, 0.25) is 11.8 Å². The molecule has 0 saturated carbocycles. The quantitative estimate of drug-likeness (QED) is 0.870. The van der Waals surface area contributed by atoms with Crippen molar-refractivity contribution in [3.8, 4) is 0 Å². The summed E-state index contributed by atoms with van der Waals surface area (Å²) in [4.78, 5) is 26.1. The molecule has 0 bridgehead atoms. The Kier molecular flexibility index (Phi) is 5.57. The van der Waals surface area contributed by atoms with Gasteiger partial charge in [0.05, 0.1) is 10.9 Å². The van der Waals surface area contributed by atoms with Gasteiger partial charge < -0.3 is 10.2 Å². The lowest BCUT2D eigenvalue weighted by Crippen LogP contribution is -2.34. The molecule has 4 nitrogen and oxygen atoms in total. The van der Waals surface area contributed by atoms with Crippen LogP contribution in [0.25, 0.3) is 0 Å². The normalized spacial score (nSPS) is 16.8. The van der Waals surface area contributed by atoms with Crippen molar-refractivity contribution < 1.29 is 14.0 Å². The van der Waals surface area contributed by atoms with Crippen LogP contribution in [0.15, 0.2) is 42.5 Å². The maximum Gasteiger partial charge on any atom is 0.227 e. The first-order valence-corrected chi connectivity index (χ1v) is 8.90. The summed E-state index contributed by atoms with van der Waals surface area (Å²) in [6.07, 6.45) is 0.884. The molecule has 26 heavy (non-hydrogen) atoms. The van der Waals surface area contributed by atoms with Crippen LogP contribution in [0.4, 0.5) is 10.1 Å². The zero-order chi connectivity index (χ0) is 18.7. The molecule has 1 atom stereocenters. The number of rotatable bonds is 5. The number of anilines is 1. The van der Waals surface area contributed by atoms with Crippen LogP contribution in [0.2, 0.25) is 5.02 Å². The summed E-state index contributed by atoms with van der Waals surface area (Å²) in [7, 11) is 0. The number of hydrogen-bond donors (Lipinski definition) is 1. The van der Waals surface area contributed by atoms with Gasteiger partial charge in [-0.15, -0.1) is 0 Å². The predicted molar refractivity (Wildman–Crippen MR) is 99.8 cm³/mol. The van der Waals surface area contributed by atoms with Gasteiger partial charge in [-0.2, -0.15) is 0 Å². The molecule has 0 aliphatic carbocycles. The van der Waals surface area contributed by atoms with Crippen molar-refractivity contribution in [1.82, 2.24) is 5.32 Å². The number of carbonyl (C=O) groups is 2. The smallest absolute Gasteiger partial charge is 0.227 e. The van der Waals surface area contributed by atoms with Crippen molar-refractivity contribution in [3.05, 3.63) is 64.4 Å². The lowest BCUT2D eigenvalue weighted by atomic mass is 10.1. The summed E-state index contributed by atoms with van der Waals surface area (Å²) in [5.74, 6) is -1.25. The first-order valence-electron chi connectivity index (χ1n) is 8.52. The van der Waals surface area contributed by atoms with E-state index in [4.69, 9.17) is 11.6 Å². The predicted octanol–water partition coefficient (Wildman–Crippen LogP) is 3.50. The number of aryl methyl sites for hydroxylation is 1. The molecule has 0 unspecified atom stereocenters. The SMILES string of the molecule is Cc1ccc(CCNC(=O)[C@H]2CC(=O)N(c3ccc(F)c(Cl)c3)C2)cc1. The van der Waals surface area contributed by atoms with E-state index in [0.29, 0.717) is 12.2 Å². The Bertz CT molecular complexity index is 823. The Morgan fingerprint density at radius 3 is 2.69 bits per heavy atom. The summed E-state index contributed by atoms with van der Waals surface area (Å²) in [6.45, 7) is 2.83. The van der Waals surface area contributed by atoms with Crippen LogP contribution < -0.4 is 10.2 Å². The van der Waals surface area contributed by atoms with Gasteiger partial charge in [-0.3, -0.25) is 9.59 Å². The van der Waals surface area contributed by atoms with Crippen LogP contribution in [-0.2, 0) is 16.0 Å². The third kappa shape index (κ3) is 4.22. The minimum absolute atomic E-state index is 0.0405. The van der Waals surface area contributed by atoms with Gasteiger partial charge in [-0.25, -0.2) is 4.39 Å². The fourth-order valence-corrected chi connectivity index (χ4v) is 3.19. The average molecular weight is 375 g/mol. The van der Waals surface area contributed by atoms with E-state index in [2.05, 4.69) is 5.32 Å². The summed E-state index contributed by atoms with van der Waals surface area (Å²) in [6, 6.07) is 12.3. The van der Waals surface area contributed by atoms with Gasteiger partial charge in [0.1, 0.15) is 5.82 Å². The van der Waals surface area contributed by atoms with Crippen LogP contribution >= 0.6 is 11.6 Å². The molecule has 2 amide bonds. The molecule has 2 aromatic rings. The van der Waals surface area contributed by atoms with E-state index < -0.39 is 11.7 Å². The van der Waals surface area contributed by atoms with Gasteiger partial charge in [-0.05, 0) is 37.1 Å². The summed E-state index contributed by atoms with van der Waals surface area (Å²) < 4.78 is 13.3. The molecule has 1 aliphatic rings. The van der Waals surface area contributed by atoms with Crippen molar-refractivity contribution in [2.24, 2.45) is 5.92 Å². The molecular formula is C20H20ClFN2O2. The second-order valence-electron chi connectivity index (χ2n) is 6.53. The largest absolute Gasteiger partial charge is 0.355 e. The first-order chi connectivity index (χ1) is 12.4. The number of hydrogen-bond acceptors (Lipinski definition) is 2. The first kappa shape index (κ1) is 18.4. The summed E-state index contributed by atoms with van der Waals surface area (Å²) >= 11 is 5.78. The number of amides is 2. The number of carbonyl (C=O) groups excluding carboxylic acids is 2. The molecule has 1 saturated heterocycles. The maximum atomic E-state index is 13.3. The number of halogens is 2. The van der Waals surface area contributed by atoms with E-state index in [1.165, 1.54) is 28.7 Å². The molecule has 1 fully saturated rings. The standard InChI is InChI=1S/C20H20ClFN2O2/c1-13-2-4-14(5-3-13)8-9-23-20(26)15-10-19(25)24(12-15)16-6-7-18(22)17(21)11-16/h2-7,11,15H,8-10,12H2,1H3,(H,23,26)/t15-/m0/s1. The minimum atomic E-state index is -0.535. The molecular weight excluding hydrogens is 355 g/mol. The third-order valence-corrected chi connectivity index (χ3v) is 4.83. The second kappa shape index (κ2) is 7.87. The highest BCUT2D eigenvalue weighted by Crippen LogP contribution is 2.28. The molecule has 0 radical (unpaired) electrons. The van der Waals surface area contributed by atoms with Crippen molar-refractivity contribution in [2.75, 3.05) is 18.0 Å². The molecule has 6 heteroatoms. The lowest BCUT2D eigenvalue weighted by molar-refractivity contribution is -0.126. The Balaban J connectivity index is 1.54. The number of nitrogens with zero attached hydrogens (tertiary/aromatic N) is 1. The Morgan fingerprint density at radius 2 is 2.00 bits per heavy atom. The van der Waals surface area contributed by atoms with E-state index in [1.54, 1.807) is 0 Å². The average Bonchev–Trinajstić information content (AvgIpc) is 3.01. The van der Waals surface area contributed by atoms with Crippen molar-refractivity contribution in [3.63, 3.8) is 0 Å². The minimum Gasteiger partial charge on any atom is -0.355 e. The van der Waals surface area contributed by atoms with Gasteiger partial charge in [0.25, 0.3) is 0 Å². The summed E-state index contributed by atoms with van der Waals surface area (Å²) in [5.41, 5.74) is 2.86. The fourth-order valence-electron chi connectivity index (χ4n) is 3.01. The molecule has 3 rings (SSSR count). The van der Waals surface area contributed by atoms with E-state index in [1.807, 2.05) is 31.2 Å². The fraction of sp³-hybridized carbons (Fsp3) is 0.300. The van der Waals surface area contributed by atoms with Gasteiger partial charge >= 0.3 is 0 Å². The van der Waals surface area contributed by atoms with E-state index >= 15 is 0 Å². The lowest BCUT2D eigenvalue weighted by Gasteiger charge is -2.17. The van der Waals surface area contributed by atoms with Crippen LogP contribution in [0.5, 0.6) is 0 Å². The van der Waals surface area contributed by atoms with Crippen molar-refractivity contribution in [2.45, 2.75) is 19.8 Å². The zero-order valence-corrected chi connectivity index (χ0v) is 15.2. The second-order valence-corrected chi connectivity index (χ2v) is 6.94. The third-order valence-electron chi connectivity index (χ3n) is 4.54. The highest BCUT2D eigenvalue weighted by atomic mass is 35.5. The van der Waals surface area contributed by atoms with Crippen LogP contribution in [-0.4, -0.2) is 24.9 Å². The van der Waals surface area contributed by atoms with Gasteiger partial charge in [0.15, 0.2) is 0 Å². The number of nitrogens with one attached hydrogen (secondary N) is 1. The Hall–Kier alpha value is -2.40. The van der Waals surface area contributed by atoms with E-state index in [-0.39, 0.29) is 29.8 Å². The number of benzene rings is 2. The summed E-state index contributed by atoms with van der Waals surface area (Å²) in [5, 5.41) is 2.86. The van der Waals surface area contributed by atoms with Gasteiger partial charge in [0, 0.05) is 25.2 Å². The maximum absolute atomic E-state index is 13.3. The molecule has 2 aromatic carbocycles. The van der Waals surface area contributed by atoms with Crippen LogP contribution in [0, 0.1) is 18.7 Å². The highest BCUT2D eigenvalue weighted by molar-refractivity contribution is 6.31. The molecule has 1 aliphatic heterocycles. The van der Waals surface area contributed by atoms with E-state index in [9.17, 15) is 14.0 Å². The Labute approximate surface area is 157 Å². The topological polar surface area (TPSA) is 49.4 Å². The van der Waals surface area contributed by atoms with E-state index in [0.717, 1.165) is 12.0 Å². The molecule has 1 N–H and O–H groups in total. The molecule has 136 valence electrons. The van der Waals surface area contributed by atoms with Gasteiger partial charge in [-0.1, -0.05) is 41.4 Å². The van der Waals surface area contributed by atoms with Crippen molar-refractivity contribution >= 4 is 29.1 Å². The van der Waals surface area contributed by atoms with Crippen LogP contribution in [0.1, 0.15) is 17.5 Å². The Morgan fingerprint density at radius 1 is 1.27 bits per heavy atom. The monoisotopic (exact) mass is 374 g/mol.